The van der Waals surface area contributed by atoms with Gasteiger partial charge in [-0.2, -0.15) is 0 Å². The van der Waals surface area contributed by atoms with Gasteiger partial charge in [-0.3, -0.25) is 0 Å². The number of aryl methyl sites for hydroxylation is 1. The molecule has 108 valence electrons. The normalized spacial score (nSPS) is 17.2. The second kappa shape index (κ2) is 6.10. The van der Waals surface area contributed by atoms with E-state index in [9.17, 15) is 9.90 Å². The molecule has 0 saturated heterocycles. The molecule has 1 atom stereocenters. The summed E-state index contributed by atoms with van der Waals surface area (Å²) in [5.41, 5.74) is 3.64. The molecule has 0 aromatic heterocycles. The number of benzene rings is 2. The molecular weight excluding hydrogens is 264 g/mol. The molecule has 0 fully saturated rings. The minimum atomic E-state index is -0.904. The molecule has 1 aliphatic carbocycles. The van der Waals surface area contributed by atoms with E-state index in [1.54, 1.807) is 12.1 Å². The zero-order chi connectivity index (χ0) is 14.7. The van der Waals surface area contributed by atoms with Gasteiger partial charge in [0.1, 0.15) is 0 Å². The van der Waals surface area contributed by atoms with Gasteiger partial charge in [0, 0.05) is 0 Å². The van der Waals surface area contributed by atoms with E-state index in [1.165, 1.54) is 11.1 Å². The number of ether oxygens (including phenoxy) is 1. The van der Waals surface area contributed by atoms with Gasteiger partial charge in [0.15, 0.2) is 0 Å². The minimum absolute atomic E-state index is 0.0665. The zero-order valence-corrected chi connectivity index (χ0v) is 11.8. The Morgan fingerprint density at radius 3 is 2.76 bits per heavy atom. The summed E-state index contributed by atoms with van der Waals surface area (Å²) in [4.78, 5) is 11.2. The molecule has 0 amide bonds. The number of fused-ring (bicyclic) bond motifs is 1. The third-order valence-electron chi connectivity index (χ3n) is 4.00. The maximum Gasteiger partial charge on any atom is 0.336 e. The Labute approximate surface area is 124 Å². The Morgan fingerprint density at radius 2 is 1.90 bits per heavy atom. The maximum absolute atomic E-state index is 11.2. The van der Waals surface area contributed by atoms with Gasteiger partial charge >= 0.3 is 5.97 Å². The minimum Gasteiger partial charge on any atom is -0.478 e. The Morgan fingerprint density at radius 1 is 1.14 bits per heavy atom. The average Bonchev–Trinajstić information content (AvgIpc) is 2.53. The molecule has 1 unspecified atom stereocenters. The lowest BCUT2D eigenvalue weighted by atomic mass is 9.89. The predicted octanol–water partition coefficient (Wildman–Crippen LogP) is 3.98. The fraction of sp³-hybridized carbons (Fsp3) is 0.278. The quantitative estimate of drug-likeness (QED) is 0.922. The van der Waals surface area contributed by atoms with Gasteiger partial charge in [0.2, 0.25) is 0 Å². The third kappa shape index (κ3) is 2.98. The fourth-order valence-electron chi connectivity index (χ4n) is 2.93. The van der Waals surface area contributed by atoms with Gasteiger partial charge in [-0.25, -0.2) is 4.79 Å². The maximum atomic E-state index is 11.2. The molecule has 0 spiro atoms. The van der Waals surface area contributed by atoms with Crippen molar-refractivity contribution in [2.75, 3.05) is 0 Å². The summed E-state index contributed by atoms with van der Waals surface area (Å²) in [7, 11) is 0. The van der Waals surface area contributed by atoms with Gasteiger partial charge in [0.25, 0.3) is 0 Å². The molecule has 3 nitrogen and oxygen atoms in total. The fourth-order valence-corrected chi connectivity index (χ4v) is 2.93. The standard InChI is InChI=1S/C18H18O3/c19-18(20)16-10-4-2-7-14(16)12-21-17-11-5-8-13-6-1-3-9-15(13)17/h1-4,6-7,9-10,17H,5,8,11-12H2,(H,19,20). The largest absolute Gasteiger partial charge is 0.478 e. The average molecular weight is 282 g/mol. The molecule has 1 N–H and O–H groups in total. The number of carboxylic acid groups (broad SMARTS) is 1. The van der Waals surface area contributed by atoms with E-state index in [0.29, 0.717) is 12.2 Å². The van der Waals surface area contributed by atoms with E-state index >= 15 is 0 Å². The van der Waals surface area contributed by atoms with E-state index in [-0.39, 0.29) is 6.10 Å². The van der Waals surface area contributed by atoms with E-state index in [2.05, 4.69) is 18.2 Å². The predicted molar refractivity (Wildman–Crippen MR) is 80.3 cm³/mol. The molecule has 0 heterocycles. The van der Waals surface area contributed by atoms with Crippen molar-refractivity contribution in [1.29, 1.82) is 0 Å². The van der Waals surface area contributed by atoms with Gasteiger partial charge in [-0.15, -0.1) is 0 Å². The van der Waals surface area contributed by atoms with Crippen molar-refractivity contribution >= 4 is 5.97 Å². The number of rotatable bonds is 4. The lowest BCUT2D eigenvalue weighted by Crippen LogP contribution is -2.13. The van der Waals surface area contributed by atoms with Crippen molar-refractivity contribution in [3.05, 3.63) is 70.8 Å². The smallest absolute Gasteiger partial charge is 0.336 e. The van der Waals surface area contributed by atoms with Crippen LogP contribution in [0.4, 0.5) is 0 Å². The highest BCUT2D eigenvalue weighted by atomic mass is 16.5. The lowest BCUT2D eigenvalue weighted by Gasteiger charge is -2.25. The first-order chi connectivity index (χ1) is 10.3. The summed E-state index contributed by atoms with van der Waals surface area (Å²) in [5.74, 6) is -0.904. The van der Waals surface area contributed by atoms with Crippen LogP contribution >= 0.6 is 0 Å². The van der Waals surface area contributed by atoms with Crippen molar-refractivity contribution in [1.82, 2.24) is 0 Å². The summed E-state index contributed by atoms with van der Waals surface area (Å²) < 4.78 is 6.02. The monoisotopic (exact) mass is 282 g/mol. The molecule has 3 rings (SSSR count). The first-order valence-corrected chi connectivity index (χ1v) is 7.26. The van der Waals surface area contributed by atoms with Crippen LogP contribution in [0.2, 0.25) is 0 Å². The van der Waals surface area contributed by atoms with Crippen LogP contribution in [0.15, 0.2) is 48.5 Å². The van der Waals surface area contributed by atoms with Gasteiger partial charge in [-0.1, -0.05) is 42.5 Å². The van der Waals surface area contributed by atoms with Crippen molar-refractivity contribution in [2.45, 2.75) is 32.0 Å². The number of carbonyl (C=O) groups is 1. The number of hydrogen-bond donors (Lipinski definition) is 1. The van der Waals surface area contributed by atoms with E-state index in [4.69, 9.17) is 4.74 Å². The first-order valence-electron chi connectivity index (χ1n) is 7.26. The molecule has 2 aromatic rings. The number of aromatic carboxylic acids is 1. The summed E-state index contributed by atoms with van der Waals surface area (Å²) in [5, 5.41) is 9.20. The second-order valence-corrected chi connectivity index (χ2v) is 5.35. The highest BCUT2D eigenvalue weighted by molar-refractivity contribution is 5.89. The molecule has 0 radical (unpaired) electrons. The first kappa shape index (κ1) is 13.8. The van der Waals surface area contributed by atoms with Gasteiger partial charge in [0.05, 0.1) is 18.3 Å². The Bertz CT molecular complexity index is 648. The SMILES string of the molecule is O=C(O)c1ccccc1COC1CCCc2ccccc21. The van der Waals surface area contributed by atoms with Crippen molar-refractivity contribution in [3.8, 4) is 0 Å². The number of hydrogen-bond acceptors (Lipinski definition) is 2. The van der Waals surface area contributed by atoms with Gasteiger partial charge in [-0.05, 0) is 42.0 Å². The highest BCUT2D eigenvalue weighted by Crippen LogP contribution is 2.33. The Balaban J connectivity index is 1.76. The van der Waals surface area contributed by atoms with Crippen molar-refractivity contribution < 1.29 is 14.6 Å². The third-order valence-corrected chi connectivity index (χ3v) is 4.00. The molecule has 0 bridgehead atoms. The molecule has 0 saturated carbocycles. The van der Waals surface area contributed by atoms with Crippen LogP contribution in [0.5, 0.6) is 0 Å². The topological polar surface area (TPSA) is 46.5 Å². The van der Waals surface area contributed by atoms with E-state index in [0.717, 1.165) is 24.8 Å². The van der Waals surface area contributed by atoms with Crippen LogP contribution in [-0.2, 0) is 17.8 Å². The summed E-state index contributed by atoms with van der Waals surface area (Å²) >= 11 is 0. The Kier molecular flexibility index (Phi) is 4.02. The molecule has 21 heavy (non-hydrogen) atoms. The van der Waals surface area contributed by atoms with E-state index < -0.39 is 5.97 Å². The van der Waals surface area contributed by atoms with Crippen LogP contribution in [0.25, 0.3) is 0 Å². The van der Waals surface area contributed by atoms with Crippen LogP contribution in [0.1, 0.15) is 46.0 Å². The summed E-state index contributed by atoms with van der Waals surface area (Å²) in [6, 6.07) is 15.4. The van der Waals surface area contributed by atoms with Crippen LogP contribution in [0.3, 0.4) is 0 Å². The van der Waals surface area contributed by atoms with Crippen LogP contribution in [-0.4, -0.2) is 11.1 Å². The summed E-state index contributed by atoms with van der Waals surface area (Å²) in [6.07, 6.45) is 3.27. The molecule has 2 aromatic carbocycles. The molecular formula is C18H18O3. The van der Waals surface area contributed by atoms with E-state index in [1.807, 2.05) is 18.2 Å². The zero-order valence-electron chi connectivity index (χ0n) is 11.8. The highest BCUT2D eigenvalue weighted by Gasteiger charge is 2.21. The molecule has 3 heteroatoms. The molecule has 1 aliphatic rings. The second-order valence-electron chi connectivity index (χ2n) is 5.35. The van der Waals surface area contributed by atoms with Gasteiger partial charge < -0.3 is 9.84 Å². The van der Waals surface area contributed by atoms with Crippen molar-refractivity contribution in [3.63, 3.8) is 0 Å². The Hall–Kier alpha value is -2.13. The summed E-state index contributed by atoms with van der Waals surface area (Å²) in [6.45, 7) is 0.335. The van der Waals surface area contributed by atoms with Crippen molar-refractivity contribution in [2.24, 2.45) is 0 Å². The lowest BCUT2D eigenvalue weighted by molar-refractivity contribution is 0.0273. The molecule has 0 aliphatic heterocycles. The number of carboxylic acids is 1. The van der Waals surface area contributed by atoms with Crippen LogP contribution in [0, 0.1) is 0 Å². The van der Waals surface area contributed by atoms with Crippen LogP contribution < -0.4 is 0 Å².